The van der Waals surface area contributed by atoms with Gasteiger partial charge in [0.25, 0.3) is 0 Å². The number of anilines is 1. The van der Waals surface area contributed by atoms with Crippen LogP contribution in [-0.4, -0.2) is 68.3 Å². The van der Waals surface area contributed by atoms with Gasteiger partial charge in [-0.15, -0.1) is 11.3 Å². The standard InChI is InChI=1S/C16H23N5OS.C2HF3O2/c1-20-6-2-13(19-20)11-21-7-3-16(4-8-21)10-14(12-22-16)18-15-17-5-9-23-15;3-2(4,5)1(6)7/h2,5-6,9,14H,3-4,7-8,10-12H2,1H3,(H,17,18);(H,6,7). The molecule has 2 aliphatic rings. The van der Waals surface area contributed by atoms with E-state index in [1.165, 1.54) is 0 Å². The third kappa shape index (κ3) is 6.16. The molecule has 0 bridgehead atoms. The second-order valence-corrected chi connectivity index (χ2v) is 8.33. The zero-order valence-corrected chi connectivity index (χ0v) is 17.2. The number of halogens is 3. The van der Waals surface area contributed by atoms with Crippen LogP contribution < -0.4 is 5.32 Å². The van der Waals surface area contributed by atoms with Crippen molar-refractivity contribution in [1.82, 2.24) is 19.7 Å². The van der Waals surface area contributed by atoms with Crippen molar-refractivity contribution in [1.29, 1.82) is 0 Å². The maximum Gasteiger partial charge on any atom is 0.490 e. The van der Waals surface area contributed by atoms with E-state index in [0.29, 0.717) is 6.04 Å². The molecule has 2 N–H and O–H groups in total. The van der Waals surface area contributed by atoms with E-state index in [0.717, 1.165) is 56.3 Å². The van der Waals surface area contributed by atoms with Crippen molar-refractivity contribution < 1.29 is 27.8 Å². The van der Waals surface area contributed by atoms with Gasteiger partial charge in [0, 0.05) is 44.5 Å². The lowest BCUT2D eigenvalue weighted by molar-refractivity contribution is -0.192. The van der Waals surface area contributed by atoms with Gasteiger partial charge in [0.2, 0.25) is 0 Å². The number of carboxylic acids is 1. The van der Waals surface area contributed by atoms with Crippen molar-refractivity contribution in [2.24, 2.45) is 7.05 Å². The molecule has 166 valence electrons. The summed E-state index contributed by atoms with van der Waals surface area (Å²) >= 11 is 1.65. The number of nitrogens with one attached hydrogen (secondary N) is 1. The van der Waals surface area contributed by atoms with Crippen LogP contribution in [0.25, 0.3) is 0 Å². The van der Waals surface area contributed by atoms with Gasteiger partial charge in [0.05, 0.1) is 23.9 Å². The maximum atomic E-state index is 10.6. The topological polar surface area (TPSA) is 92.5 Å². The third-order valence-electron chi connectivity index (χ3n) is 5.13. The number of carboxylic acid groups (broad SMARTS) is 1. The van der Waals surface area contributed by atoms with E-state index < -0.39 is 12.1 Å². The highest BCUT2D eigenvalue weighted by Gasteiger charge is 2.43. The Labute approximate surface area is 175 Å². The molecule has 1 atom stereocenters. The zero-order valence-electron chi connectivity index (χ0n) is 16.4. The SMILES string of the molecule is Cn1ccc(CN2CCC3(CC2)CC(Nc2nccs2)CO3)n1.O=C(O)C(F)(F)F. The number of aliphatic carboxylic acids is 1. The van der Waals surface area contributed by atoms with Gasteiger partial charge in [0.1, 0.15) is 0 Å². The van der Waals surface area contributed by atoms with Gasteiger partial charge in [-0.1, -0.05) is 0 Å². The predicted molar refractivity (Wildman–Crippen MR) is 104 cm³/mol. The van der Waals surface area contributed by atoms with E-state index in [9.17, 15) is 13.2 Å². The van der Waals surface area contributed by atoms with Crippen LogP contribution in [0.1, 0.15) is 25.0 Å². The van der Waals surface area contributed by atoms with E-state index in [2.05, 4.69) is 26.4 Å². The van der Waals surface area contributed by atoms with E-state index in [4.69, 9.17) is 14.6 Å². The minimum atomic E-state index is -5.08. The summed E-state index contributed by atoms with van der Waals surface area (Å²) in [5.74, 6) is -2.76. The number of nitrogens with zero attached hydrogens (tertiary/aromatic N) is 4. The molecule has 0 amide bonds. The molecular formula is C18H24F3N5O3S. The van der Waals surface area contributed by atoms with Crippen LogP contribution in [0.4, 0.5) is 18.3 Å². The summed E-state index contributed by atoms with van der Waals surface area (Å²) in [4.78, 5) is 15.7. The Morgan fingerprint density at radius 2 is 2.13 bits per heavy atom. The van der Waals surface area contributed by atoms with Gasteiger partial charge < -0.3 is 15.2 Å². The first-order valence-corrected chi connectivity index (χ1v) is 10.3. The summed E-state index contributed by atoms with van der Waals surface area (Å²) < 4.78 is 39.8. The third-order valence-corrected chi connectivity index (χ3v) is 5.84. The number of ether oxygens (including phenoxy) is 1. The van der Waals surface area contributed by atoms with Crippen LogP contribution >= 0.6 is 11.3 Å². The quantitative estimate of drug-likeness (QED) is 0.745. The average Bonchev–Trinajstić information content (AvgIpc) is 3.41. The Morgan fingerprint density at radius 1 is 1.43 bits per heavy atom. The fraction of sp³-hybridized carbons (Fsp3) is 0.611. The predicted octanol–water partition coefficient (Wildman–Crippen LogP) is 2.75. The van der Waals surface area contributed by atoms with E-state index >= 15 is 0 Å². The van der Waals surface area contributed by atoms with Crippen molar-refractivity contribution in [3.63, 3.8) is 0 Å². The first kappa shape index (κ1) is 22.5. The van der Waals surface area contributed by atoms with E-state index in [-0.39, 0.29) is 5.60 Å². The number of carbonyl (C=O) groups is 1. The highest BCUT2D eigenvalue weighted by atomic mass is 32.1. The summed E-state index contributed by atoms with van der Waals surface area (Å²) in [5.41, 5.74) is 1.22. The minimum absolute atomic E-state index is 0.0650. The maximum absolute atomic E-state index is 10.6. The Bertz CT molecular complexity index is 819. The summed E-state index contributed by atoms with van der Waals surface area (Å²) in [6, 6.07) is 2.49. The second kappa shape index (κ2) is 9.31. The number of rotatable bonds is 4. The number of hydrogen-bond donors (Lipinski definition) is 2. The molecule has 0 saturated carbocycles. The summed E-state index contributed by atoms with van der Waals surface area (Å²) in [5, 5.41) is 18.1. The minimum Gasteiger partial charge on any atom is -0.475 e. The Hall–Kier alpha value is -2.18. The second-order valence-electron chi connectivity index (χ2n) is 7.44. The van der Waals surface area contributed by atoms with Crippen LogP contribution in [0.3, 0.4) is 0 Å². The molecule has 2 saturated heterocycles. The lowest BCUT2D eigenvalue weighted by Crippen LogP contribution is -2.44. The molecule has 2 aromatic rings. The summed E-state index contributed by atoms with van der Waals surface area (Å²) in [6.45, 7) is 3.90. The molecule has 2 aliphatic heterocycles. The Kier molecular flexibility index (Phi) is 6.98. The molecule has 0 aliphatic carbocycles. The van der Waals surface area contributed by atoms with Crippen LogP contribution in [0.5, 0.6) is 0 Å². The first-order valence-electron chi connectivity index (χ1n) is 9.46. The van der Waals surface area contributed by atoms with Gasteiger partial charge in [-0.25, -0.2) is 9.78 Å². The molecule has 4 rings (SSSR count). The fourth-order valence-electron chi connectivity index (χ4n) is 3.65. The van der Waals surface area contributed by atoms with Crippen molar-refractivity contribution in [3.05, 3.63) is 29.5 Å². The molecule has 8 nitrogen and oxygen atoms in total. The normalized spacial score (nSPS) is 21.3. The number of hydrogen-bond acceptors (Lipinski definition) is 7. The van der Waals surface area contributed by atoms with Crippen LogP contribution in [0, 0.1) is 0 Å². The lowest BCUT2D eigenvalue weighted by Gasteiger charge is -2.38. The average molecular weight is 447 g/mol. The van der Waals surface area contributed by atoms with Crippen molar-refractivity contribution in [3.8, 4) is 0 Å². The molecule has 0 radical (unpaired) electrons. The molecule has 2 aromatic heterocycles. The number of alkyl halides is 3. The Balaban J connectivity index is 0.000000318. The van der Waals surface area contributed by atoms with E-state index in [1.807, 2.05) is 29.5 Å². The highest BCUT2D eigenvalue weighted by Crippen LogP contribution is 2.37. The van der Waals surface area contributed by atoms with Crippen molar-refractivity contribution in [2.45, 2.75) is 43.6 Å². The van der Waals surface area contributed by atoms with Gasteiger partial charge in [-0.05, 0) is 25.3 Å². The van der Waals surface area contributed by atoms with Crippen LogP contribution in [0.15, 0.2) is 23.8 Å². The summed E-state index contributed by atoms with van der Waals surface area (Å²) in [7, 11) is 1.97. The summed E-state index contributed by atoms with van der Waals surface area (Å²) in [6.07, 6.45) is 2.07. The first-order chi connectivity index (χ1) is 14.2. The molecule has 4 heterocycles. The van der Waals surface area contributed by atoms with Gasteiger partial charge >= 0.3 is 12.1 Å². The smallest absolute Gasteiger partial charge is 0.475 e. The van der Waals surface area contributed by atoms with Gasteiger partial charge in [0.15, 0.2) is 5.13 Å². The molecule has 12 heteroatoms. The molecule has 1 spiro atoms. The van der Waals surface area contributed by atoms with Crippen molar-refractivity contribution in [2.75, 3.05) is 25.0 Å². The monoisotopic (exact) mass is 447 g/mol. The van der Waals surface area contributed by atoms with Gasteiger partial charge in [-0.3, -0.25) is 9.58 Å². The molecular weight excluding hydrogens is 423 g/mol. The number of aromatic nitrogens is 3. The number of thiazole rings is 1. The molecule has 0 aromatic carbocycles. The molecule has 30 heavy (non-hydrogen) atoms. The Morgan fingerprint density at radius 3 is 2.67 bits per heavy atom. The lowest BCUT2D eigenvalue weighted by atomic mass is 9.87. The van der Waals surface area contributed by atoms with E-state index in [1.54, 1.807) is 11.3 Å². The fourth-order valence-corrected chi connectivity index (χ4v) is 4.26. The number of likely N-dealkylation sites (tertiary alicyclic amines) is 1. The molecule has 2 fully saturated rings. The van der Waals surface area contributed by atoms with Crippen LogP contribution in [0.2, 0.25) is 0 Å². The molecule has 1 unspecified atom stereocenters. The number of aryl methyl sites for hydroxylation is 1. The number of piperidine rings is 1. The van der Waals surface area contributed by atoms with Gasteiger partial charge in [-0.2, -0.15) is 18.3 Å². The van der Waals surface area contributed by atoms with Crippen LogP contribution in [-0.2, 0) is 23.1 Å². The highest BCUT2D eigenvalue weighted by molar-refractivity contribution is 7.13. The zero-order chi connectivity index (χ0) is 21.8. The largest absolute Gasteiger partial charge is 0.490 e. The van der Waals surface area contributed by atoms with Crippen molar-refractivity contribution >= 4 is 22.4 Å².